The first kappa shape index (κ1) is 16.9. The summed E-state index contributed by atoms with van der Waals surface area (Å²) in [5.41, 5.74) is 4.58. The molecule has 0 aliphatic carbocycles. The van der Waals surface area contributed by atoms with Gasteiger partial charge in [0.2, 0.25) is 0 Å². The van der Waals surface area contributed by atoms with Crippen molar-refractivity contribution in [1.82, 2.24) is 0 Å². The molecule has 3 aromatic carbocycles. The average molecular weight is 407 g/mol. The zero-order valence-corrected chi connectivity index (χ0v) is 16.1. The second-order valence-corrected chi connectivity index (χ2v) is 7.14. The van der Waals surface area contributed by atoms with Crippen molar-refractivity contribution in [2.45, 2.75) is 12.5 Å². The first-order valence-electron chi connectivity index (χ1n) is 8.56. The minimum Gasteiger partial charge on any atom is -0.497 e. The number of hydrogen-bond donors (Lipinski definition) is 0. The summed E-state index contributed by atoms with van der Waals surface area (Å²) in [6.45, 7) is 0. The van der Waals surface area contributed by atoms with Crippen LogP contribution in [-0.2, 0) is 0 Å². The van der Waals surface area contributed by atoms with Gasteiger partial charge in [-0.2, -0.15) is 5.10 Å². The lowest BCUT2D eigenvalue weighted by atomic mass is 9.98. The van der Waals surface area contributed by atoms with Crippen LogP contribution in [0.25, 0.3) is 0 Å². The van der Waals surface area contributed by atoms with E-state index in [1.807, 2.05) is 30.3 Å². The predicted octanol–water partition coefficient (Wildman–Crippen LogP) is 5.81. The lowest BCUT2D eigenvalue weighted by Crippen LogP contribution is -2.18. The smallest absolute Gasteiger partial charge is 0.118 e. The van der Waals surface area contributed by atoms with Crippen LogP contribution < -0.4 is 9.75 Å². The van der Waals surface area contributed by atoms with E-state index in [1.165, 1.54) is 5.56 Å². The van der Waals surface area contributed by atoms with E-state index in [0.717, 1.165) is 33.6 Å². The molecule has 1 aliphatic rings. The molecule has 4 rings (SSSR count). The molecule has 0 N–H and O–H groups in total. The Balaban J connectivity index is 1.71. The number of methoxy groups -OCH3 is 1. The van der Waals surface area contributed by atoms with Crippen molar-refractivity contribution in [1.29, 1.82) is 0 Å². The zero-order chi connectivity index (χ0) is 17.9. The van der Waals surface area contributed by atoms with Crippen molar-refractivity contribution in [2.24, 2.45) is 5.10 Å². The SMILES string of the molecule is COc1ccc(C2CC(c3ccc(Br)cc3)=NN2c2ccccc2)cc1. The van der Waals surface area contributed by atoms with E-state index in [1.54, 1.807) is 7.11 Å². The van der Waals surface area contributed by atoms with Crippen LogP contribution in [0.3, 0.4) is 0 Å². The van der Waals surface area contributed by atoms with Crippen LogP contribution in [0.4, 0.5) is 5.69 Å². The standard InChI is InChI=1S/C22H19BrN2O/c1-26-20-13-9-17(10-14-20)22-15-21(16-7-11-18(23)12-8-16)24-25(22)19-5-3-2-4-6-19/h2-14,22H,15H2,1H3. The van der Waals surface area contributed by atoms with Crippen LogP contribution >= 0.6 is 15.9 Å². The first-order valence-corrected chi connectivity index (χ1v) is 9.35. The molecule has 3 nitrogen and oxygen atoms in total. The molecule has 0 fully saturated rings. The third kappa shape index (κ3) is 3.37. The number of nitrogens with zero attached hydrogens (tertiary/aromatic N) is 2. The Morgan fingerprint density at radius 3 is 2.27 bits per heavy atom. The molecule has 1 aliphatic heterocycles. The Morgan fingerprint density at radius 1 is 0.923 bits per heavy atom. The van der Waals surface area contributed by atoms with E-state index < -0.39 is 0 Å². The van der Waals surface area contributed by atoms with E-state index in [2.05, 4.69) is 69.5 Å². The van der Waals surface area contributed by atoms with Crippen LogP contribution in [0.2, 0.25) is 0 Å². The summed E-state index contributed by atoms with van der Waals surface area (Å²) >= 11 is 3.50. The van der Waals surface area contributed by atoms with Crippen molar-refractivity contribution in [2.75, 3.05) is 12.1 Å². The van der Waals surface area contributed by atoms with E-state index in [9.17, 15) is 0 Å². The van der Waals surface area contributed by atoms with Crippen LogP contribution in [-0.4, -0.2) is 12.8 Å². The largest absolute Gasteiger partial charge is 0.497 e. The second-order valence-electron chi connectivity index (χ2n) is 6.23. The van der Waals surface area contributed by atoms with Gasteiger partial charge in [-0.25, -0.2) is 0 Å². The fraction of sp³-hybridized carbons (Fsp3) is 0.136. The number of hydrazone groups is 1. The van der Waals surface area contributed by atoms with Crippen molar-refractivity contribution >= 4 is 27.3 Å². The maximum atomic E-state index is 5.30. The fourth-order valence-electron chi connectivity index (χ4n) is 3.23. The highest BCUT2D eigenvalue weighted by Crippen LogP contribution is 2.37. The average Bonchev–Trinajstić information content (AvgIpc) is 3.15. The normalized spacial score (nSPS) is 16.5. The van der Waals surface area contributed by atoms with Gasteiger partial charge < -0.3 is 4.74 Å². The van der Waals surface area contributed by atoms with E-state index in [0.29, 0.717) is 0 Å². The van der Waals surface area contributed by atoms with Crippen molar-refractivity contribution in [3.8, 4) is 5.75 Å². The molecular weight excluding hydrogens is 388 g/mol. The monoisotopic (exact) mass is 406 g/mol. The first-order chi connectivity index (χ1) is 12.7. The molecule has 26 heavy (non-hydrogen) atoms. The van der Waals surface area contributed by atoms with Crippen molar-refractivity contribution in [3.05, 3.63) is 94.5 Å². The third-order valence-corrected chi connectivity index (χ3v) is 5.14. The number of halogens is 1. The predicted molar refractivity (Wildman–Crippen MR) is 110 cm³/mol. The lowest BCUT2D eigenvalue weighted by Gasteiger charge is -2.24. The molecule has 3 aromatic rings. The lowest BCUT2D eigenvalue weighted by molar-refractivity contribution is 0.414. The molecule has 0 spiro atoms. The quantitative estimate of drug-likeness (QED) is 0.545. The highest BCUT2D eigenvalue weighted by atomic mass is 79.9. The number of hydrogen-bond acceptors (Lipinski definition) is 3. The van der Waals surface area contributed by atoms with Gasteiger partial charge in [0.1, 0.15) is 5.75 Å². The molecule has 1 atom stereocenters. The highest BCUT2D eigenvalue weighted by Gasteiger charge is 2.29. The summed E-state index contributed by atoms with van der Waals surface area (Å²) < 4.78 is 6.37. The summed E-state index contributed by atoms with van der Waals surface area (Å²) in [4.78, 5) is 0. The van der Waals surface area contributed by atoms with E-state index in [-0.39, 0.29) is 6.04 Å². The van der Waals surface area contributed by atoms with Crippen LogP contribution in [0.1, 0.15) is 23.6 Å². The molecule has 0 radical (unpaired) electrons. The summed E-state index contributed by atoms with van der Waals surface area (Å²) in [5, 5.41) is 7.09. The molecule has 0 aromatic heterocycles. The topological polar surface area (TPSA) is 24.8 Å². The molecule has 1 unspecified atom stereocenters. The second kappa shape index (κ2) is 7.34. The van der Waals surface area contributed by atoms with Gasteiger partial charge in [0.25, 0.3) is 0 Å². The van der Waals surface area contributed by atoms with E-state index in [4.69, 9.17) is 9.84 Å². The molecule has 1 heterocycles. The van der Waals surface area contributed by atoms with Gasteiger partial charge in [0.15, 0.2) is 0 Å². The van der Waals surface area contributed by atoms with Crippen molar-refractivity contribution in [3.63, 3.8) is 0 Å². The zero-order valence-electron chi connectivity index (χ0n) is 14.5. The molecule has 0 bridgehead atoms. The summed E-state index contributed by atoms with van der Waals surface area (Å²) in [6, 6.07) is 27.1. The minimum atomic E-state index is 0.168. The van der Waals surface area contributed by atoms with Gasteiger partial charge in [-0.1, -0.05) is 58.4 Å². The van der Waals surface area contributed by atoms with Gasteiger partial charge >= 0.3 is 0 Å². The summed E-state index contributed by atoms with van der Waals surface area (Å²) in [5.74, 6) is 0.868. The number of rotatable bonds is 4. The van der Waals surface area contributed by atoms with Gasteiger partial charge in [0, 0.05) is 10.9 Å². The maximum Gasteiger partial charge on any atom is 0.118 e. The Kier molecular flexibility index (Phi) is 4.76. The van der Waals surface area contributed by atoms with Crippen LogP contribution in [0, 0.1) is 0 Å². The molecule has 0 saturated heterocycles. The summed E-state index contributed by atoms with van der Waals surface area (Å²) in [6.07, 6.45) is 0.864. The Labute approximate surface area is 162 Å². The fourth-order valence-corrected chi connectivity index (χ4v) is 3.50. The number of anilines is 1. The maximum absolute atomic E-state index is 5.30. The number of ether oxygens (including phenoxy) is 1. The van der Waals surface area contributed by atoms with Gasteiger partial charge in [-0.3, -0.25) is 5.01 Å². The Morgan fingerprint density at radius 2 is 1.62 bits per heavy atom. The molecule has 130 valence electrons. The van der Waals surface area contributed by atoms with Gasteiger partial charge in [-0.05, 0) is 47.5 Å². The molecule has 0 amide bonds. The summed E-state index contributed by atoms with van der Waals surface area (Å²) in [7, 11) is 1.69. The van der Waals surface area contributed by atoms with Crippen LogP contribution in [0.5, 0.6) is 5.75 Å². The Hall–Kier alpha value is -2.59. The van der Waals surface area contributed by atoms with Crippen LogP contribution in [0.15, 0.2) is 88.4 Å². The highest BCUT2D eigenvalue weighted by molar-refractivity contribution is 9.10. The molecule has 4 heteroatoms. The van der Waals surface area contributed by atoms with Gasteiger partial charge in [0.05, 0.1) is 24.6 Å². The van der Waals surface area contributed by atoms with Gasteiger partial charge in [-0.15, -0.1) is 0 Å². The van der Waals surface area contributed by atoms with E-state index >= 15 is 0 Å². The van der Waals surface area contributed by atoms with Crippen molar-refractivity contribution < 1.29 is 4.74 Å². The number of benzene rings is 3. The Bertz CT molecular complexity index is 905. The molecule has 0 saturated carbocycles. The minimum absolute atomic E-state index is 0.168. The number of para-hydroxylation sites is 1. The third-order valence-electron chi connectivity index (χ3n) is 4.61. The molecular formula is C22H19BrN2O.